The molecule has 1 aliphatic heterocycles. The monoisotopic (exact) mass is 520 g/mol. The molecule has 1 saturated heterocycles. The molecule has 6 heteroatoms. The number of hydrogen-bond donors (Lipinski definition) is 1. The van der Waals surface area contributed by atoms with Gasteiger partial charge in [-0.1, -0.05) is 68.9 Å². The number of hydrogen-bond acceptors (Lipinski definition) is 4. The molecule has 3 aromatic rings. The predicted molar refractivity (Wildman–Crippen MR) is 157 cm³/mol. The van der Waals surface area contributed by atoms with E-state index in [1.807, 2.05) is 25.2 Å². The standard InChI is InChI=1S/C28H31ClFN3.C3H7N/c1-5-6-7-20(3)32-12-14-33(15-13-32)21(4)22-10-11-24-25(29)18-27(31-28(24)17-22)23-9-8-19(2)26(30)16-23;1-3-4-2/h8-11,16-18H,3-7,12-15H2,1-2H3;3-4H,1H2,2H3. The Hall–Kier alpha value is -3.31. The van der Waals surface area contributed by atoms with Crippen molar-refractivity contribution in [1.29, 1.82) is 0 Å². The molecule has 1 fully saturated rings. The van der Waals surface area contributed by atoms with Crippen LogP contribution in [-0.2, 0) is 0 Å². The number of piperazine rings is 1. The first-order valence-electron chi connectivity index (χ1n) is 12.8. The lowest BCUT2D eigenvalue weighted by Gasteiger charge is -2.39. The fraction of sp³-hybridized carbons (Fsp3) is 0.323. The number of nitrogens with one attached hydrogen (secondary N) is 1. The molecule has 4 nitrogen and oxygen atoms in total. The first-order valence-corrected chi connectivity index (χ1v) is 13.2. The van der Waals surface area contributed by atoms with Crippen LogP contribution in [0.3, 0.4) is 0 Å². The van der Waals surface area contributed by atoms with Crippen LogP contribution in [-0.4, -0.2) is 48.0 Å². The van der Waals surface area contributed by atoms with Crippen molar-refractivity contribution in [2.45, 2.75) is 33.1 Å². The zero-order valence-corrected chi connectivity index (χ0v) is 23.0. The molecule has 0 atom stereocenters. The second-order valence-electron chi connectivity index (χ2n) is 9.27. The molecule has 196 valence electrons. The summed E-state index contributed by atoms with van der Waals surface area (Å²) in [6.45, 7) is 19.7. The normalized spacial score (nSPS) is 13.1. The predicted octanol–water partition coefficient (Wildman–Crippen LogP) is 7.64. The van der Waals surface area contributed by atoms with Crippen molar-refractivity contribution in [2.24, 2.45) is 0 Å². The molecule has 0 radical (unpaired) electrons. The average molecular weight is 521 g/mol. The zero-order chi connectivity index (χ0) is 26.9. The van der Waals surface area contributed by atoms with Gasteiger partial charge in [-0.2, -0.15) is 0 Å². The minimum Gasteiger partial charge on any atom is -0.394 e. The summed E-state index contributed by atoms with van der Waals surface area (Å²) in [5, 5.41) is 4.17. The van der Waals surface area contributed by atoms with Gasteiger partial charge in [-0.3, -0.25) is 0 Å². The van der Waals surface area contributed by atoms with Crippen molar-refractivity contribution >= 4 is 28.2 Å². The van der Waals surface area contributed by atoms with Gasteiger partial charge < -0.3 is 15.1 Å². The Balaban J connectivity index is 0.000000886. The quantitative estimate of drug-likeness (QED) is 0.330. The Bertz CT molecular complexity index is 1260. The van der Waals surface area contributed by atoms with E-state index in [4.69, 9.17) is 16.6 Å². The van der Waals surface area contributed by atoms with E-state index in [0.29, 0.717) is 21.8 Å². The van der Waals surface area contributed by atoms with Crippen LogP contribution in [0.5, 0.6) is 0 Å². The van der Waals surface area contributed by atoms with Crippen LogP contribution >= 0.6 is 11.6 Å². The highest BCUT2D eigenvalue weighted by Gasteiger charge is 2.20. The third-order valence-corrected chi connectivity index (χ3v) is 7.00. The minimum absolute atomic E-state index is 0.246. The van der Waals surface area contributed by atoms with E-state index in [-0.39, 0.29) is 5.82 Å². The molecule has 1 N–H and O–H groups in total. The molecule has 0 spiro atoms. The fourth-order valence-corrected chi connectivity index (χ4v) is 4.54. The topological polar surface area (TPSA) is 31.4 Å². The average Bonchev–Trinajstić information content (AvgIpc) is 2.92. The van der Waals surface area contributed by atoms with E-state index < -0.39 is 0 Å². The van der Waals surface area contributed by atoms with E-state index in [9.17, 15) is 4.39 Å². The maximum Gasteiger partial charge on any atom is 0.126 e. The first-order chi connectivity index (χ1) is 17.8. The van der Waals surface area contributed by atoms with E-state index in [1.54, 1.807) is 25.3 Å². The summed E-state index contributed by atoms with van der Waals surface area (Å²) >= 11 is 6.57. The Morgan fingerprint density at radius 1 is 1.08 bits per heavy atom. The number of allylic oxidation sites excluding steroid dienone is 1. The Morgan fingerprint density at radius 3 is 2.38 bits per heavy atom. The maximum absolute atomic E-state index is 14.1. The number of halogens is 2. The molecule has 4 rings (SSSR count). The van der Waals surface area contributed by atoms with E-state index in [0.717, 1.165) is 54.8 Å². The minimum atomic E-state index is -0.246. The van der Waals surface area contributed by atoms with Crippen molar-refractivity contribution in [1.82, 2.24) is 20.1 Å². The van der Waals surface area contributed by atoms with Gasteiger partial charge >= 0.3 is 0 Å². The molecule has 0 aliphatic carbocycles. The lowest BCUT2D eigenvalue weighted by molar-refractivity contribution is 0.209. The van der Waals surface area contributed by atoms with Crippen molar-refractivity contribution in [2.75, 3.05) is 33.2 Å². The summed E-state index contributed by atoms with van der Waals surface area (Å²) in [6.07, 6.45) is 5.08. The van der Waals surface area contributed by atoms with Gasteiger partial charge in [-0.05, 0) is 55.3 Å². The smallest absolute Gasteiger partial charge is 0.126 e. The lowest BCUT2D eigenvalue weighted by atomic mass is 10.0. The second kappa shape index (κ2) is 13.3. The lowest BCUT2D eigenvalue weighted by Crippen LogP contribution is -2.44. The van der Waals surface area contributed by atoms with Crippen LogP contribution < -0.4 is 5.32 Å². The summed E-state index contributed by atoms with van der Waals surface area (Å²) < 4.78 is 14.1. The van der Waals surface area contributed by atoms with Gasteiger partial charge in [0.2, 0.25) is 0 Å². The molecule has 0 unspecified atom stereocenters. The number of unbranched alkanes of at least 4 members (excludes halogenated alkanes) is 1. The van der Waals surface area contributed by atoms with Crippen LogP contribution in [0.4, 0.5) is 4.39 Å². The Kier molecular flexibility index (Phi) is 10.2. The van der Waals surface area contributed by atoms with Gasteiger partial charge in [0, 0.05) is 55.6 Å². The summed E-state index contributed by atoms with van der Waals surface area (Å²) in [5.74, 6) is -0.246. The Morgan fingerprint density at radius 2 is 1.76 bits per heavy atom. The van der Waals surface area contributed by atoms with Crippen LogP contribution in [0.15, 0.2) is 74.1 Å². The number of nitrogens with zero attached hydrogens (tertiary/aromatic N) is 3. The van der Waals surface area contributed by atoms with Gasteiger partial charge in [0.25, 0.3) is 0 Å². The Labute approximate surface area is 226 Å². The van der Waals surface area contributed by atoms with Crippen LogP contribution in [0.1, 0.15) is 37.3 Å². The zero-order valence-electron chi connectivity index (χ0n) is 22.3. The molecule has 1 aliphatic rings. The van der Waals surface area contributed by atoms with Crippen LogP contribution in [0, 0.1) is 12.7 Å². The number of rotatable bonds is 8. The van der Waals surface area contributed by atoms with Crippen molar-refractivity contribution in [3.05, 3.63) is 96.1 Å². The van der Waals surface area contributed by atoms with E-state index >= 15 is 0 Å². The SMILES string of the molecule is C=C(CCCC)N1CCN(C(=C)c2ccc3c(Cl)cc(-c4ccc(C)c(F)c4)nc3c2)CC1.C=CNC. The van der Waals surface area contributed by atoms with E-state index in [2.05, 4.69) is 47.8 Å². The number of benzene rings is 2. The second-order valence-corrected chi connectivity index (χ2v) is 9.68. The molecule has 37 heavy (non-hydrogen) atoms. The number of aryl methyl sites for hydroxylation is 1. The van der Waals surface area contributed by atoms with Gasteiger partial charge in [0.1, 0.15) is 5.82 Å². The molecule has 1 aromatic heterocycles. The van der Waals surface area contributed by atoms with Gasteiger partial charge in [0.05, 0.1) is 16.2 Å². The van der Waals surface area contributed by atoms with Crippen molar-refractivity contribution in [3.63, 3.8) is 0 Å². The molecule has 0 saturated carbocycles. The number of aromatic nitrogens is 1. The summed E-state index contributed by atoms with van der Waals surface area (Å²) in [4.78, 5) is 9.52. The van der Waals surface area contributed by atoms with Crippen molar-refractivity contribution in [3.8, 4) is 11.3 Å². The van der Waals surface area contributed by atoms with Gasteiger partial charge in [-0.15, -0.1) is 0 Å². The van der Waals surface area contributed by atoms with E-state index in [1.165, 1.54) is 24.6 Å². The van der Waals surface area contributed by atoms with Crippen LogP contribution in [0.25, 0.3) is 27.9 Å². The summed E-state index contributed by atoms with van der Waals surface area (Å²) in [6, 6.07) is 13.0. The molecular weight excluding hydrogens is 483 g/mol. The highest BCUT2D eigenvalue weighted by molar-refractivity contribution is 6.35. The third-order valence-electron chi connectivity index (χ3n) is 6.69. The highest BCUT2D eigenvalue weighted by atomic mass is 35.5. The highest BCUT2D eigenvalue weighted by Crippen LogP contribution is 2.31. The summed E-state index contributed by atoms with van der Waals surface area (Å²) in [5.41, 5.74) is 6.02. The molecule has 2 aromatic carbocycles. The fourth-order valence-electron chi connectivity index (χ4n) is 4.28. The number of pyridine rings is 1. The van der Waals surface area contributed by atoms with Crippen molar-refractivity contribution < 1.29 is 4.39 Å². The molecular formula is C31H38ClFN4. The van der Waals surface area contributed by atoms with Crippen LogP contribution in [0.2, 0.25) is 5.02 Å². The number of fused-ring (bicyclic) bond motifs is 1. The first kappa shape index (κ1) is 28.3. The largest absolute Gasteiger partial charge is 0.394 e. The molecule has 0 bridgehead atoms. The van der Waals surface area contributed by atoms with Gasteiger partial charge in [-0.25, -0.2) is 9.37 Å². The molecule has 2 heterocycles. The molecule has 0 amide bonds. The third kappa shape index (κ3) is 7.14. The maximum atomic E-state index is 14.1. The summed E-state index contributed by atoms with van der Waals surface area (Å²) in [7, 11) is 1.81. The van der Waals surface area contributed by atoms with Gasteiger partial charge in [0.15, 0.2) is 0 Å².